The summed E-state index contributed by atoms with van der Waals surface area (Å²) in [5, 5.41) is 16.7. The van der Waals surface area contributed by atoms with Gasteiger partial charge >= 0.3 is 0 Å². The van der Waals surface area contributed by atoms with Crippen molar-refractivity contribution in [1.82, 2.24) is 25.2 Å². The van der Waals surface area contributed by atoms with Crippen LogP contribution in [0.5, 0.6) is 0 Å². The van der Waals surface area contributed by atoms with Crippen LogP contribution >= 0.6 is 11.6 Å². The third-order valence-corrected chi connectivity index (χ3v) is 7.49. The van der Waals surface area contributed by atoms with Gasteiger partial charge in [-0.2, -0.15) is 0 Å². The molecule has 0 saturated carbocycles. The zero-order chi connectivity index (χ0) is 28.4. The van der Waals surface area contributed by atoms with Gasteiger partial charge in [0.25, 0.3) is 5.91 Å². The summed E-state index contributed by atoms with van der Waals surface area (Å²) in [6, 6.07) is 6.51. The lowest BCUT2D eigenvalue weighted by atomic mass is 10.0. The number of benzene rings is 1. The van der Waals surface area contributed by atoms with Gasteiger partial charge in [0.05, 0.1) is 40.9 Å². The normalized spacial score (nSPS) is 17.7. The minimum absolute atomic E-state index is 0.206. The van der Waals surface area contributed by atoms with Gasteiger partial charge in [0.15, 0.2) is 0 Å². The number of anilines is 1. The first-order chi connectivity index (χ1) is 19.2. The smallest absolute Gasteiger partial charge is 0.255 e. The Morgan fingerprint density at radius 2 is 1.95 bits per heavy atom. The SMILES string of the molecule is C[C@H](O)[C@@H](NC(=O)[C@@H](C)N1Cc2ccc(-c3nc(NC4CCOCC4)ncc3Cl)cc2C1=O)c1ccc(F)cn1. The van der Waals surface area contributed by atoms with Crippen LogP contribution in [0.2, 0.25) is 5.02 Å². The largest absolute Gasteiger partial charge is 0.391 e. The summed E-state index contributed by atoms with van der Waals surface area (Å²) in [5.74, 6) is -0.851. The number of rotatable bonds is 8. The molecule has 3 aromatic rings. The maximum Gasteiger partial charge on any atom is 0.255 e. The van der Waals surface area contributed by atoms with Gasteiger partial charge in [-0.15, -0.1) is 0 Å². The number of hydrogen-bond donors (Lipinski definition) is 3. The second-order valence-corrected chi connectivity index (χ2v) is 10.4. The van der Waals surface area contributed by atoms with Crippen molar-refractivity contribution in [3.8, 4) is 11.3 Å². The molecule has 0 radical (unpaired) electrons. The van der Waals surface area contributed by atoms with Crippen LogP contribution in [0.25, 0.3) is 11.3 Å². The molecule has 10 nitrogen and oxygen atoms in total. The number of ether oxygens (including phenoxy) is 1. The van der Waals surface area contributed by atoms with Crippen LogP contribution in [0.1, 0.15) is 54.3 Å². The molecule has 5 rings (SSSR count). The van der Waals surface area contributed by atoms with Crippen LogP contribution < -0.4 is 10.6 Å². The van der Waals surface area contributed by atoms with Gasteiger partial charge in [-0.05, 0) is 50.5 Å². The third kappa shape index (κ3) is 5.91. The molecule has 1 saturated heterocycles. The molecule has 3 N–H and O–H groups in total. The molecule has 2 aliphatic heterocycles. The maximum absolute atomic E-state index is 13.4. The lowest BCUT2D eigenvalue weighted by Gasteiger charge is -2.27. The minimum Gasteiger partial charge on any atom is -0.391 e. The topological polar surface area (TPSA) is 130 Å². The number of hydrogen-bond acceptors (Lipinski definition) is 8. The molecule has 210 valence electrons. The molecule has 0 aliphatic carbocycles. The molecule has 1 aromatic carbocycles. The highest BCUT2D eigenvalue weighted by atomic mass is 35.5. The highest BCUT2D eigenvalue weighted by Crippen LogP contribution is 2.32. The van der Waals surface area contributed by atoms with Crippen LogP contribution in [0.15, 0.2) is 42.7 Å². The lowest BCUT2D eigenvalue weighted by Crippen LogP contribution is -2.48. The Hall–Kier alpha value is -3.67. The predicted molar refractivity (Wildman–Crippen MR) is 146 cm³/mol. The van der Waals surface area contributed by atoms with Gasteiger partial charge < -0.3 is 25.4 Å². The van der Waals surface area contributed by atoms with Crippen molar-refractivity contribution in [2.75, 3.05) is 18.5 Å². The van der Waals surface area contributed by atoms with E-state index in [0.29, 0.717) is 46.7 Å². The van der Waals surface area contributed by atoms with Crippen LogP contribution in [-0.2, 0) is 16.1 Å². The van der Waals surface area contributed by atoms with Crippen molar-refractivity contribution in [3.63, 3.8) is 0 Å². The Labute approximate surface area is 235 Å². The molecular formula is C28H30ClFN6O4. The van der Waals surface area contributed by atoms with Crippen LogP contribution in [-0.4, -0.2) is 68.2 Å². The number of nitrogens with zero attached hydrogens (tertiary/aromatic N) is 4. The Bertz CT molecular complexity index is 1400. The number of fused-ring (bicyclic) bond motifs is 1. The van der Waals surface area contributed by atoms with E-state index < -0.39 is 29.9 Å². The van der Waals surface area contributed by atoms with Crippen molar-refractivity contribution in [2.24, 2.45) is 0 Å². The standard InChI is InChI=1S/C28H30ClFN6O4/c1-15(26(38)34-24(16(2)37)23-6-5-19(30)12-31-23)36-14-18-4-3-17(11-21(18)27(36)39)25-22(29)13-32-28(35-25)33-20-7-9-40-10-8-20/h3-6,11-13,15-16,20,24,37H,7-10,14H2,1-2H3,(H,34,38)(H,32,33,35)/t15-,16+,24-/m1/s1. The van der Waals surface area contributed by atoms with E-state index in [-0.39, 0.29) is 18.5 Å². The monoisotopic (exact) mass is 568 g/mol. The number of amides is 2. The number of pyridine rings is 1. The molecule has 2 aliphatic rings. The van der Waals surface area contributed by atoms with Crippen molar-refractivity contribution < 1.29 is 23.8 Å². The van der Waals surface area contributed by atoms with Crippen LogP contribution in [0.4, 0.5) is 10.3 Å². The number of carbonyl (C=O) groups excluding carboxylic acids is 2. The Kier molecular flexibility index (Phi) is 8.24. The molecule has 2 amide bonds. The molecule has 0 bridgehead atoms. The number of nitrogens with one attached hydrogen (secondary N) is 2. The van der Waals surface area contributed by atoms with Gasteiger partial charge in [0, 0.05) is 36.9 Å². The highest BCUT2D eigenvalue weighted by molar-refractivity contribution is 6.33. The summed E-state index contributed by atoms with van der Waals surface area (Å²) < 4.78 is 18.7. The molecule has 2 aromatic heterocycles. The fraction of sp³-hybridized carbons (Fsp3) is 0.393. The fourth-order valence-electron chi connectivity index (χ4n) is 4.88. The first-order valence-electron chi connectivity index (χ1n) is 13.1. The van der Waals surface area contributed by atoms with Crippen molar-refractivity contribution >= 4 is 29.4 Å². The van der Waals surface area contributed by atoms with E-state index in [1.54, 1.807) is 13.0 Å². The molecular weight excluding hydrogens is 539 g/mol. The van der Waals surface area contributed by atoms with E-state index in [2.05, 4.69) is 25.6 Å². The minimum atomic E-state index is -0.994. The van der Waals surface area contributed by atoms with E-state index in [4.69, 9.17) is 16.3 Å². The highest BCUT2D eigenvalue weighted by Gasteiger charge is 2.35. The second kappa shape index (κ2) is 11.8. The average Bonchev–Trinajstić information content (AvgIpc) is 3.28. The van der Waals surface area contributed by atoms with Crippen molar-refractivity contribution in [2.45, 2.75) is 57.5 Å². The summed E-state index contributed by atoms with van der Waals surface area (Å²) in [5.41, 5.74) is 2.69. The van der Waals surface area contributed by atoms with Gasteiger partial charge in [0.2, 0.25) is 11.9 Å². The number of aliphatic hydroxyl groups is 1. The fourth-order valence-corrected chi connectivity index (χ4v) is 5.08. The van der Waals surface area contributed by atoms with Gasteiger partial charge in [-0.25, -0.2) is 14.4 Å². The first-order valence-corrected chi connectivity index (χ1v) is 13.5. The Morgan fingerprint density at radius 3 is 2.65 bits per heavy atom. The number of aliphatic hydroxyl groups excluding tert-OH is 1. The summed E-state index contributed by atoms with van der Waals surface area (Å²) in [6.45, 7) is 4.72. The van der Waals surface area contributed by atoms with E-state index in [9.17, 15) is 19.1 Å². The lowest BCUT2D eigenvalue weighted by molar-refractivity contribution is -0.126. The van der Waals surface area contributed by atoms with Crippen molar-refractivity contribution in [1.29, 1.82) is 0 Å². The number of aromatic nitrogens is 3. The maximum atomic E-state index is 13.4. The van der Waals surface area contributed by atoms with Crippen LogP contribution in [0, 0.1) is 5.82 Å². The molecule has 12 heteroatoms. The molecule has 0 unspecified atom stereocenters. The second-order valence-electron chi connectivity index (χ2n) is 10.0. The average molecular weight is 569 g/mol. The van der Waals surface area contributed by atoms with Gasteiger partial charge in [-0.1, -0.05) is 23.7 Å². The molecule has 1 fully saturated rings. The van der Waals surface area contributed by atoms with Gasteiger partial charge in [-0.3, -0.25) is 14.6 Å². The van der Waals surface area contributed by atoms with E-state index in [0.717, 1.165) is 24.6 Å². The molecule has 0 spiro atoms. The summed E-state index contributed by atoms with van der Waals surface area (Å²) in [4.78, 5) is 40.9. The first kappa shape index (κ1) is 27.9. The van der Waals surface area contributed by atoms with E-state index in [1.807, 2.05) is 12.1 Å². The van der Waals surface area contributed by atoms with Crippen LogP contribution in [0.3, 0.4) is 0 Å². The zero-order valence-electron chi connectivity index (χ0n) is 22.1. The van der Waals surface area contributed by atoms with E-state index in [1.165, 1.54) is 30.2 Å². The Balaban J connectivity index is 1.31. The number of halogens is 2. The molecule has 4 heterocycles. The molecule has 40 heavy (non-hydrogen) atoms. The summed E-state index contributed by atoms with van der Waals surface area (Å²) in [7, 11) is 0. The molecule has 3 atom stereocenters. The zero-order valence-corrected chi connectivity index (χ0v) is 22.9. The van der Waals surface area contributed by atoms with Crippen molar-refractivity contribution in [3.05, 3.63) is 70.4 Å². The Morgan fingerprint density at radius 1 is 1.18 bits per heavy atom. The van der Waals surface area contributed by atoms with E-state index >= 15 is 0 Å². The predicted octanol–water partition coefficient (Wildman–Crippen LogP) is 3.50. The van der Waals surface area contributed by atoms with Gasteiger partial charge in [0.1, 0.15) is 11.9 Å². The quantitative estimate of drug-likeness (QED) is 0.376. The summed E-state index contributed by atoms with van der Waals surface area (Å²) in [6.07, 6.45) is 3.27. The summed E-state index contributed by atoms with van der Waals surface area (Å²) >= 11 is 6.45. The number of carbonyl (C=O) groups is 2. The third-order valence-electron chi connectivity index (χ3n) is 7.21.